The predicted molar refractivity (Wildman–Crippen MR) is 99.6 cm³/mol. The van der Waals surface area contributed by atoms with Gasteiger partial charge in [0.1, 0.15) is 5.75 Å². The molecule has 0 bridgehead atoms. The first-order valence-corrected chi connectivity index (χ1v) is 9.70. The van der Waals surface area contributed by atoms with Gasteiger partial charge in [0.2, 0.25) is 15.9 Å². The molecule has 25 heavy (non-hydrogen) atoms. The summed E-state index contributed by atoms with van der Waals surface area (Å²) in [4.78, 5) is 12.0. The van der Waals surface area contributed by atoms with Crippen molar-refractivity contribution in [3.8, 4) is 5.75 Å². The van der Waals surface area contributed by atoms with Gasteiger partial charge in [-0.3, -0.25) is 9.52 Å². The standard InChI is InChI=1S/C18H22N2O4S/c1-13-4-9-17(14(2)12-13)24-11-10-18(21)19-15-5-7-16(8-6-15)20-25(3,22)23/h4-9,12,20H,10-11H2,1-3H3,(H,19,21). The molecule has 0 saturated carbocycles. The van der Waals surface area contributed by atoms with Crippen LogP contribution in [0, 0.1) is 13.8 Å². The van der Waals surface area contributed by atoms with E-state index < -0.39 is 10.0 Å². The minimum Gasteiger partial charge on any atom is -0.493 e. The highest BCUT2D eigenvalue weighted by atomic mass is 32.2. The average Bonchev–Trinajstić information content (AvgIpc) is 2.50. The lowest BCUT2D eigenvalue weighted by Gasteiger charge is -2.10. The van der Waals surface area contributed by atoms with E-state index in [4.69, 9.17) is 4.74 Å². The highest BCUT2D eigenvalue weighted by Gasteiger charge is 2.06. The minimum atomic E-state index is -3.31. The summed E-state index contributed by atoms with van der Waals surface area (Å²) >= 11 is 0. The molecule has 2 rings (SSSR count). The third-order valence-electron chi connectivity index (χ3n) is 3.39. The molecule has 0 aliphatic heterocycles. The molecular weight excluding hydrogens is 340 g/mol. The molecular formula is C18H22N2O4S. The Morgan fingerprint density at radius 1 is 1.04 bits per heavy atom. The van der Waals surface area contributed by atoms with E-state index in [1.807, 2.05) is 32.0 Å². The van der Waals surface area contributed by atoms with Crippen molar-refractivity contribution < 1.29 is 17.9 Å². The minimum absolute atomic E-state index is 0.173. The van der Waals surface area contributed by atoms with Crippen LogP contribution in [0.25, 0.3) is 0 Å². The summed E-state index contributed by atoms with van der Waals surface area (Å²) in [5, 5.41) is 2.75. The van der Waals surface area contributed by atoms with Gasteiger partial charge in [0, 0.05) is 11.4 Å². The van der Waals surface area contributed by atoms with Crippen molar-refractivity contribution >= 4 is 27.3 Å². The molecule has 0 aliphatic carbocycles. The van der Waals surface area contributed by atoms with E-state index in [0.29, 0.717) is 11.4 Å². The molecule has 7 heteroatoms. The highest BCUT2D eigenvalue weighted by Crippen LogP contribution is 2.19. The summed E-state index contributed by atoms with van der Waals surface area (Å²) < 4.78 is 30.3. The number of anilines is 2. The van der Waals surface area contributed by atoms with Gasteiger partial charge in [0.05, 0.1) is 19.3 Å². The molecule has 0 aliphatic rings. The van der Waals surface area contributed by atoms with Gasteiger partial charge in [-0.25, -0.2) is 8.42 Å². The van der Waals surface area contributed by atoms with Crippen molar-refractivity contribution in [2.45, 2.75) is 20.3 Å². The second-order valence-electron chi connectivity index (χ2n) is 5.87. The van der Waals surface area contributed by atoms with E-state index >= 15 is 0 Å². The zero-order valence-electron chi connectivity index (χ0n) is 14.5. The van der Waals surface area contributed by atoms with Gasteiger partial charge < -0.3 is 10.1 Å². The number of benzene rings is 2. The zero-order chi connectivity index (χ0) is 18.4. The number of nitrogens with one attached hydrogen (secondary N) is 2. The van der Waals surface area contributed by atoms with Crippen LogP contribution in [0.5, 0.6) is 5.75 Å². The maximum absolute atomic E-state index is 12.0. The van der Waals surface area contributed by atoms with Gasteiger partial charge in [-0.1, -0.05) is 17.7 Å². The van der Waals surface area contributed by atoms with E-state index in [0.717, 1.165) is 23.1 Å². The summed E-state index contributed by atoms with van der Waals surface area (Å²) in [7, 11) is -3.31. The Balaban J connectivity index is 1.82. The van der Waals surface area contributed by atoms with Crippen molar-refractivity contribution in [2.24, 2.45) is 0 Å². The van der Waals surface area contributed by atoms with Crippen LogP contribution in [0.1, 0.15) is 17.5 Å². The Morgan fingerprint density at radius 2 is 1.68 bits per heavy atom. The molecule has 0 spiro atoms. The van der Waals surface area contributed by atoms with Crippen LogP contribution in [0.2, 0.25) is 0 Å². The summed E-state index contributed by atoms with van der Waals surface area (Å²) in [6.45, 7) is 4.26. The smallest absolute Gasteiger partial charge is 0.229 e. The van der Waals surface area contributed by atoms with E-state index in [2.05, 4.69) is 10.0 Å². The van der Waals surface area contributed by atoms with E-state index in [1.54, 1.807) is 24.3 Å². The summed E-state index contributed by atoms with van der Waals surface area (Å²) in [6.07, 6.45) is 1.30. The molecule has 0 atom stereocenters. The fourth-order valence-electron chi connectivity index (χ4n) is 2.27. The fraction of sp³-hybridized carbons (Fsp3) is 0.278. The summed E-state index contributed by atoms with van der Waals surface area (Å²) in [5.41, 5.74) is 3.24. The van der Waals surface area contributed by atoms with Gasteiger partial charge in [0.15, 0.2) is 0 Å². The molecule has 0 aromatic heterocycles. The molecule has 2 aromatic carbocycles. The first-order chi connectivity index (χ1) is 11.7. The zero-order valence-corrected chi connectivity index (χ0v) is 15.3. The number of hydrogen-bond acceptors (Lipinski definition) is 4. The van der Waals surface area contributed by atoms with Crippen molar-refractivity contribution in [3.05, 3.63) is 53.6 Å². The van der Waals surface area contributed by atoms with Gasteiger partial charge >= 0.3 is 0 Å². The maximum atomic E-state index is 12.0. The molecule has 0 unspecified atom stereocenters. The summed E-state index contributed by atoms with van der Waals surface area (Å²) in [5.74, 6) is 0.600. The van der Waals surface area contributed by atoms with Gasteiger partial charge in [-0.05, 0) is 49.7 Å². The average molecular weight is 362 g/mol. The van der Waals surface area contributed by atoms with Crippen molar-refractivity contribution in [1.29, 1.82) is 0 Å². The molecule has 1 amide bonds. The first kappa shape index (κ1) is 18.8. The lowest BCUT2D eigenvalue weighted by Crippen LogP contribution is -2.15. The van der Waals surface area contributed by atoms with E-state index in [9.17, 15) is 13.2 Å². The quantitative estimate of drug-likeness (QED) is 0.793. The molecule has 2 N–H and O–H groups in total. The number of sulfonamides is 1. The SMILES string of the molecule is Cc1ccc(OCCC(=O)Nc2ccc(NS(C)(=O)=O)cc2)c(C)c1. The fourth-order valence-corrected chi connectivity index (χ4v) is 2.84. The molecule has 2 aromatic rings. The van der Waals surface area contributed by atoms with Gasteiger partial charge in [-0.15, -0.1) is 0 Å². The Hall–Kier alpha value is -2.54. The van der Waals surface area contributed by atoms with Crippen LogP contribution in [0.4, 0.5) is 11.4 Å². The molecule has 0 saturated heterocycles. The van der Waals surface area contributed by atoms with Crippen LogP contribution >= 0.6 is 0 Å². The number of ether oxygens (including phenoxy) is 1. The van der Waals surface area contributed by atoms with Crippen molar-refractivity contribution in [1.82, 2.24) is 0 Å². The highest BCUT2D eigenvalue weighted by molar-refractivity contribution is 7.92. The molecule has 0 radical (unpaired) electrons. The Kier molecular flexibility index (Phi) is 6.03. The first-order valence-electron chi connectivity index (χ1n) is 7.81. The second kappa shape index (κ2) is 8.02. The number of aryl methyl sites for hydroxylation is 2. The third kappa shape index (κ3) is 6.46. The van der Waals surface area contributed by atoms with E-state index in [1.165, 1.54) is 0 Å². The monoisotopic (exact) mass is 362 g/mol. The molecule has 0 fully saturated rings. The summed E-state index contributed by atoms with van der Waals surface area (Å²) in [6, 6.07) is 12.3. The molecule has 134 valence electrons. The lowest BCUT2D eigenvalue weighted by molar-refractivity contribution is -0.116. The van der Waals surface area contributed by atoms with Gasteiger partial charge in [-0.2, -0.15) is 0 Å². The second-order valence-corrected chi connectivity index (χ2v) is 7.62. The number of carbonyl (C=O) groups is 1. The largest absolute Gasteiger partial charge is 0.493 e. The van der Waals surface area contributed by atoms with Crippen molar-refractivity contribution in [3.63, 3.8) is 0 Å². The maximum Gasteiger partial charge on any atom is 0.229 e. The van der Waals surface area contributed by atoms with Crippen LogP contribution < -0.4 is 14.8 Å². The Morgan fingerprint density at radius 3 is 2.28 bits per heavy atom. The van der Waals surface area contributed by atoms with Crippen LogP contribution in [-0.2, 0) is 14.8 Å². The topological polar surface area (TPSA) is 84.5 Å². The number of rotatable bonds is 7. The molecule has 6 nitrogen and oxygen atoms in total. The third-order valence-corrected chi connectivity index (χ3v) is 4.00. The predicted octanol–water partition coefficient (Wildman–Crippen LogP) is 3.08. The Labute approximate surface area is 148 Å². The van der Waals surface area contributed by atoms with Crippen molar-refractivity contribution in [2.75, 3.05) is 22.9 Å². The normalized spacial score (nSPS) is 11.0. The number of carbonyl (C=O) groups excluding carboxylic acids is 1. The van der Waals surface area contributed by atoms with Crippen LogP contribution in [0.15, 0.2) is 42.5 Å². The molecule has 0 heterocycles. The van der Waals surface area contributed by atoms with Gasteiger partial charge in [0.25, 0.3) is 0 Å². The number of hydrogen-bond donors (Lipinski definition) is 2. The van der Waals surface area contributed by atoms with Crippen LogP contribution in [-0.4, -0.2) is 27.2 Å². The number of amides is 1. The lowest BCUT2D eigenvalue weighted by atomic mass is 10.1. The Bertz CT molecular complexity index is 846. The van der Waals surface area contributed by atoms with E-state index in [-0.39, 0.29) is 18.9 Å². The van der Waals surface area contributed by atoms with Crippen LogP contribution in [0.3, 0.4) is 0 Å².